The van der Waals surface area contributed by atoms with Crippen molar-refractivity contribution in [1.82, 2.24) is 0 Å². The normalized spacial score (nSPS) is 11.4. The minimum atomic E-state index is -4.14. The third kappa shape index (κ3) is 5.15. The van der Waals surface area contributed by atoms with E-state index in [9.17, 15) is 13.2 Å². The highest BCUT2D eigenvalue weighted by molar-refractivity contribution is 5.31. The number of alkyl halides is 3. The van der Waals surface area contributed by atoms with Gasteiger partial charge >= 0.3 is 6.18 Å². The molecule has 0 unspecified atom stereocenters. The second-order valence-electron chi connectivity index (χ2n) is 3.06. The Hall–Kier alpha value is -1.39. The number of hydrogen-bond donors (Lipinski definition) is 1. The maximum atomic E-state index is 11.7. The van der Waals surface area contributed by atoms with Crippen molar-refractivity contribution in [1.29, 1.82) is 0 Å². The van der Waals surface area contributed by atoms with Gasteiger partial charge in [0.15, 0.2) is 0 Å². The van der Waals surface area contributed by atoms with Gasteiger partial charge < -0.3 is 9.84 Å². The van der Waals surface area contributed by atoms with E-state index in [4.69, 9.17) is 9.84 Å². The van der Waals surface area contributed by atoms with Crippen molar-refractivity contribution >= 4 is 0 Å². The third-order valence-electron chi connectivity index (χ3n) is 1.69. The van der Waals surface area contributed by atoms with Crippen LogP contribution in [0.2, 0.25) is 0 Å². The van der Waals surface area contributed by atoms with Crippen LogP contribution >= 0.6 is 0 Å². The van der Waals surface area contributed by atoms with Gasteiger partial charge in [0.05, 0.1) is 6.61 Å². The van der Waals surface area contributed by atoms with Crippen molar-refractivity contribution in [2.45, 2.75) is 19.0 Å². The first-order valence-corrected chi connectivity index (χ1v) is 4.46. The zero-order valence-corrected chi connectivity index (χ0v) is 7.92. The Balaban J connectivity index is 2.26. The number of aromatic hydroxyl groups is 1. The SMILES string of the molecule is Oc1cccc(OCCCC(F)(F)F)c1. The van der Waals surface area contributed by atoms with E-state index >= 15 is 0 Å². The molecule has 2 nitrogen and oxygen atoms in total. The molecule has 0 aliphatic carbocycles. The molecule has 0 heterocycles. The van der Waals surface area contributed by atoms with Crippen molar-refractivity contribution < 1.29 is 23.0 Å². The van der Waals surface area contributed by atoms with E-state index in [1.807, 2.05) is 0 Å². The molecule has 0 aliphatic heterocycles. The number of rotatable bonds is 4. The van der Waals surface area contributed by atoms with Gasteiger partial charge in [-0.2, -0.15) is 13.2 Å². The van der Waals surface area contributed by atoms with Crippen LogP contribution in [0.15, 0.2) is 24.3 Å². The maximum Gasteiger partial charge on any atom is 0.389 e. The smallest absolute Gasteiger partial charge is 0.389 e. The summed E-state index contributed by atoms with van der Waals surface area (Å²) in [6, 6.07) is 5.96. The van der Waals surface area contributed by atoms with E-state index in [0.717, 1.165) is 0 Å². The van der Waals surface area contributed by atoms with Crippen LogP contribution in [0.4, 0.5) is 13.2 Å². The van der Waals surface area contributed by atoms with Gasteiger partial charge in [0, 0.05) is 12.5 Å². The lowest BCUT2D eigenvalue weighted by Gasteiger charge is -2.08. The first-order valence-electron chi connectivity index (χ1n) is 4.46. The summed E-state index contributed by atoms with van der Waals surface area (Å²) in [5, 5.41) is 9.04. The largest absolute Gasteiger partial charge is 0.508 e. The Labute approximate surface area is 85.3 Å². The number of ether oxygens (including phenoxy) is 1. The van der Waals surface area contributed by atoms with Gasteiger partial charge in [0.1, 0.15) is 11.5 Å². The first kappa shape index (κ1) is 11.7. The lowest BCUT2D eigenvalue weighted by atomic mass is 10.3. The van der Waals surface area contributed by atoms with Crippen molar-refractivity contribution in [3.05, 3.63) is 24.3 Å². The molecule has 0 radical (unpaired) electrons. The standard InChI is InChI=1S/C10H11F3O2/c11-10(12,13)5-2-6-15-9-4-1-3-8(14)7-9/h1,3-4,7,14H,2,5-6H2. The van der Waals surface area contributed by atoms with E-state index < -0.39 is 12.6 Å². The predicted molar refractivity (Wildman–Crippen MR) is 48.9 cm³/mol. The van der Waals surface area contributed by atoms with Crippen LogP contribution in [0.3, 0.4) is 0 Å². The van der Waals surface area contributed by atoms with E-state index in [1.165, 1.54) is 12.1 Å². The first-order chi connectivity index (χ1) is 6.97. The molecular formula is C10H11F3O2. The molecule has 0 saturated carbocycles. The fourth-order valence-corrected chi connectivity index (χ4v) is 1.04. The predicted octanol–water partition coefficient (Wildman–Crippen LogP) is 3.11. The molecule has 0 spiro atoms. The average molecular weight is 220 g/mol. The summed E-state index contributed by atoms with van der Waals surface area (Å²) in [4.78, 5) is 0. The van der Waals surface area contributed by atoms with Crippen LogP contribution in [0.25, 0.3) is 0 Å². The second-order valence-corrected chi connectivity index (χ2v) is 3.06. The van der Waals surface area contributed by atoms with Crippen molar-refractivity contribution in [2.24, 2.45) is 0 Å². The Morgan fingerprint density at radius 3 is 2.60 bits per heavy atom. The zero-order valence-electron chi connectivity index (χ0n) is 7.92. The molecule has 0 atom stereocenters. The highest BCUT2D eigenvalue weighted by Gasteiger charge is 2.26. The number of hydrogen-bond acceptors (Lipinski definition) is 2. The molecule has 0 bridgehead atoms. The van der Waals surface area contributed by atoms with Gasteiger partial charge in [-0.25, -0.2) is 0 Å². The van der Waals surface area contributed by atoms with E-state index in [1.54, 1.807) is 12.1 Å². The number of halogens is 3. The summed E-state index contributed by atoms with van der Waals surface area (Å²) in [6.45, 7) is -0.0109. The Morgan fingerprint density at radius 1 is 1.27 bits per heavy atom. The summed E-state index contributed by atoms with van der Waals surface area (Å²) in [5.41, 5.74) is 0. The molecule has 1 rings (SSSR count). The van der Waals surface area contributed by atoms with E-state index in [-0.39, 0.29) is 18.8 Å². The van der Waals surface area contributed by atoms with Crippen LogP contribution in [0.1, 0.15) is 12.8 Å². The van der Waals surface area contributed by atoms with Crippen LogP contribution < -0.4 is 4.74 Å². The molecule has 0 saturated heterocycles. The minimum Gasteiger partial charge on any atom is -0.508 e. The fraction of sp³-hybridized carbons (Fsp3) is 0.400. The van der Waals surface area contributed by atoms with Crippen LogP contribution in [0, 0.1) is 0 Å². The highest BCUT2D eigenvalue weighted by Crippen LogP contribution is 2.22. The van der Waals surface area contributed by atoms with Crippen LogP contribution in [0.5, 0.6) is 11.5 Å². The Kier molecular flexibility index (Phi) is 3.82. The van der Waals surface area contributed by atoms with Gasteiger partial charge in [-0.05, 0) is 18.6 Å². The van der Waals surface area contributed by atoms with Crippen LogP contribution in [-0.4, -0.2) is 17.9 Å². The quantitative estimate of drug-likeness (QED) is 0.790. The van der Waals surface area contributed by atoms with E-state index in [0.29, 0.717) is 5.75 Å². The fourth-order valence-electron chi connectivity index (χ4n) is 1.04. The average Bonchev–Trinajstić information content (AvgIpc) is 2.11. The summed E-state index contributed by atoms with van der Waals surface area (Å²) in [5.74, 6) is 0.403. The molecule has 0 amide bonds. The second kappa shape index (κ2) is 4.91. The van der Waals surface area contributed by atoms with Gasteiger partial charge in [-0.1, -0.05) is 6.07 Å². The topological polar surface area (TPSA) is 29.5 Å². The summed E-state index contributed by atoms with van der Waals surface area (Å²) in [7, 11) is 0. The number of benzene rings is 1. The molecule has 0 fully saturated rings. The van der Waals surface area contributed by atoms with Crippen molar-refractivity contribution in [2.75, 3.05) is 6.61 Å². The minimum absolute atomic E-state index is 0.0109. The Morgan fingerprint density at radius 2 is 2.00 bits per heavy atom. The molecule has 1 aromatic rings. The molecule has 5 heteroatoms. The lowest BCUT2D eigenvalue weighted by Crippen LogP contribution is -2.09. The zero-order chi connectivity index (χ0) is 11.3. The number of phenols is 1. The summed E-state index contributed by atoms with van der Waals surface area (Å²) >= 11 is 0. The van der Waals surface area contributed by atoms with Crippen molar-refractivity contribution in [3.63, 3.8) is 0 Å². The molecule has 15 heavy (non-hydrogen) atoms. The molecule has 1 aromatic carbocycles. The van der Waals surface area contributed by atoms with Gasteiger partial charge in [0.25, 0.3) is 0 Å². The van der Waals surface area contributed by atoms with Gasteiger partial charge in [-0.3, -0.25) is 0 Å². The van der Waals surface area contributed by atoms with Gasteiger partial charge in [0.2, 0.25) is 0 Å². The summed E-state index contributed by atoms with van der Waals surface area (Å²) in [6.07, 6.45) is -5.08. The van der Waals surface area contributed by atoms with E-state index in [2.05, 4.69) is 0 Å². The molecular weight excluding hydrogens is 209 g/mol. The van der Waals surface area contributed by atoms with Crippen LogP contribution in [-0.2, 0) is 0 Å². The lowest BCUT2D eigenvalue weighted by molar-refractivity contribution is -0.136. The monoisotopic (exact) mass is 220 g/mol. The number of phenolic OH excluding ortho intramolecular Hbond substituents is 1. The van der Waals surface area contributed by atoms with Crippen molar-refractivity contribution in [3.8, 4) is 11.5 Å². The summed E-state index contributed by atoms with van der Waals surface area (Å²) < 4.78 is 40.3. The molecule has 0 aliphatic rings. The Bertz CT molecular complexity index is 310. The molecule has 1 N–H and O–H groups in total. The highest BCUT2D eigenvalue weighted by atomic mass is 19.4. The molecule has 84 valence electrons. The molecule has 0 aromatic heterocycles. The maximum absolute atomic E-state index is 11.7. The van der Waals surface area contributed by atoms with Gasteiger partial charge in [-0.15, -0.1) is 0 Å². The third-order valence-corrected chi connectivity index (χ3v) is 1.69.